The first kappa shape index (κ1) is 23.7. The second-order valence-electron chi connectivity index (χ2n) is 8.67. The van der Waals surface area contributed by atoms with Crippen molar-refractivity contribution in [2.24, 2.45) is 0 Å². The zero-order chi connectivity index (χ0) is 23.5. The standard InChI is InChI=1S/C26H29BrN2O4/c1-17-4-5-18(2)21(16-17)24(30)22-23(19-6-8-20(27)9-7-19)29(26(32)25(22)31)11-3-10-28-12-14-33-15-13-28/h4-9,16,23,30H,3,10-15H2,1-2H3. The van der Waals surface area contributed by atoms with Crippen molar-refractivity contribution >= 4 is 33.4 Å². The lowest BCUT2D eigenvalue weighted by molar-refractivity contribution is -0.140. The van der Waals surface area contributed by atoms with Crippen LogP contribution in [-0.2, 0) is 14.3 Å². The fourth-order valence-electron chi connectivity index (χ4n) is 4.53. The molecule has 33 heavy (non-hydrogen) atoms. The number of benzene rings is 2. The number of halogens is 1. The van der Waals surface area contributed by atoms with E-state index in [1.807, 2.05) is 56.3 Å². The smallest absolute Gasteiger partial charge is 0.295 e. The van der Waals surface area contributed by atoms with Crippen LogP contribution in [0.15, 0.2) is 52.5 Å². The lowest BCUT2D eigenvalue weighted by atomic mass is 9.93. The van der Waals surface area contributed by atoms with Gasteiger partial charge >= 0.3 is 0 Å². The lowest BCUT2D eigenvalue weighted by Gasteiger charge is -2.29. The maximum atomic E-state index is 13.2. The topological polar surface area (TPSA) is 70.1 Å². The quantitative estimate of drug-likeness (QED) is 0.356. The minimum absolute atomic E-state index is 0.113. The van der Waals surface area contributed by atoms with E-state index in [9.17, 15) is 14.7 Å². The normalized spacial score (nSPS) is 21.1. The molecule has 2 saturated heterocycles. The van der Waals surface area contributed by atoms with E-state index in [0.29, 0.717) is 12.1 Å². The van der Waals surface area contributed by atoms with Crippen LogP contribution in [0, 0.1) is 13.8 Å². The molecule has 7 heteroatoms. The Morgan fingerprint density at radius 1 is 1.06 bits per heavy atom. The van der Waals surface area contributed by atoms with Gasteiger partial charge in [-0.05, 0) is 49.6 Å². The molecule has 1 unspecified atom stereocenters. The molecule has 2 heterocycles. The number of aliphatic hydroxyl groups is 1. The monoisotopic (exact) mass is 512 g/mol. The number of aliphatic hydroxyl groups excluding tert-OH is 1. The molecule has 1 amide bonds. The number of aryl methyl sites for hydroxylation is 2. The summed E-state index contributed by atoms with van der Waals surface area (Å²) >= 11 is 3.45. The van der Waals surface area contributed by atoms with Gasteiger partial charge in [0.15, 0.2) is 0 Å². The molecular formula is C26H29BrN2O4. The second kappa shape index (κ2) is 10.2. The van der Waals surface area contributed by atoms with E-state index in [0.717, 1.165) is 60.4 Å². The van der Waals surface area contributed by atoms with E-state index >= 15 is 0 Å². The zero-order valence-electron chi connectivity index (χ0n) is 19.0. The Morgan fingerprint density at radius 3 is 2.45 bits per heavy atom. The highest BCUT2D eigenvalue weighted by atomic mass is 79.9. The fraction of sp³-hybridized carbons (Fsp3) is 0.385. The number of carbonyl (C=O) groups is 2. The van der Waals surface area contributed by atoms with Crippen molar-refractivity contribution < 1.29 is 19.4 Å². The van der Waals surface area contributed by atoms with Gasteiger partial charge in [0.1, 0.15) is 5.76 Å². The molecule has 6 nitrogen and oxygen atoms in total. The highest BCUT2D eigenvalue weighted by molar-refractivity contribution is 9.10. The van der Waals surface area contributed by atoms with Crippen LogP contribution in [0.4, 0.5) is 0 Å². The van der Waals surface area contributed by atoms with E-state index in [1.165, 1.54) is 0 Å². The summed E-state index contributed by atoms with van der Waals surface area (Å²) in [5.74, 6) is -1.30. The van der Waals surface area contributed by atoms with E-state index in [2.05, 4.69) is 20.8 Å². The average molecular weight is 513 g/mol. The van der Waals surface area contributed by atoms with E-state index in [1.54, 1.807) is 4.90 Å². The molecule has 2 aromatic rings. The molecule has 4 rings (SSSR count). The molecule has 2 fully saturated rings. The van der Waals surface area contributed by atoms with Gasteiger partial charge in [-0.2, -0.15) is 0 Å². The average Bonchev–Trinajstić information content (AvgIpc) is 3.06. The number of likely N-dealkylation sites (tertiary alicyclic amines) is 1. The Labute approximate surface area is 203 Å². The molecule has 0 bridgehead atoms. The molecule has 0 radical (unpaired) electrons. The van der Waals surface area contributed by atoms with Crippen LogP contribution in [0.5, 0.6) is 0 Å². The van der Waals surface area contributed by atoms with E-state index < -0.39 is 17.7 Å². The molecule has 0 saturated carbocycles. The summed E-state index contributed by atoms with van der Waals surface area (Å²) in [5, 5.41) is 11.3. The zero-order valence-corrected chi connectivity index (χ0v) is 20.6. The summed E-state index contributed by atoms with van der Waals surface area (Å²) in [6.07, 6.45) is 0.740. The van der Waals surface area contributed by atoms with Crippen molar-refractivity contribution in [2.45, 2.75) is 26.3 Å². The lowest BCUT2D eigenvalue weighted by Crippen LogP contribution is -2.38. The Morgan fingerprint density at radius 2 is 1.76 bits per heavy atom. The van der Waals surface area contributed by atoms with Gasteiger partial charge in [0.25, 0.3) is 11.7 Å². The van der Waals surface area contributed by atoms with Crippen LogP contribution in [0.1, 0.15) is 34.7 Å². The van der Waals surface area contributed by atoms with Gasteiger partial charge < -0.3 is 14.7 Å². The second-order valence-corrected chi connectivity index (χ2v) is 9.59. The summed E-state index contributed by atoms with van der Waals surface area (Å²) in [6, 6.07) is 12.7. The van der Waals surface area contributed by atoms with E-state index in [-0.39, 0.29) is 11.3 Å². The molecule has 0 aromatic heterocycles. The Hall–Kier alpha value is -2.48. The molecule has 0 spiro atoms. The number of morpholine rings is 1. The third-order valence-electron chi connectivity index (χ3n) is 6.35. The number of rotatable bonds is 6. The first-order valence-corrected chi connectivity index (χ1v) is 12.1. The molecule has 1 atom stereocenters. The van der Waals surface area contributed by atoms with Gasteiger partial charge in [-0.25, -0.2) is 0 Å². The SMILES string of the molecule is Cc1ccc(C)c(C(O)=C2C(=O)C(=O)N(CCCN3CCOCC3)C2c2ccc(Br)cc2)c1. The van der Waals surface area contributed by atoms with Crippen molar-refractivity contribution in [2.75, 3.05) is 39.4 Å². The number of hydrogen-bond acceptors (Lipinski definition) is 5. The Balaban J connectivity index is 1.70. The summed E-state index contributed by atoms with van der Waals surface area (Å²) < 4.78 is 6.31. The van der Waals surface area contributed by atoms with Crippen LogP contribution >= 0.6 is 15.9 Å². The van der Waals surface area contributed by atoms with Crippen molar-refractivity contribution in [3.05, 3.63) is 74.8 Å². The largest absolute Gasteiger partial charge is 0.507 e. The van der Waals surface area contributed by atoms with Gasteiger partial charge in [-0.1, -0.05) is 45.8 Å². The van der Waals surface area contributed by atoms with Crippen molar-refractivity contribution in [3.8, 4) is 0 Å². The van der Waals surface area contributed by atoms with Crippen LogP contribution in [0.3, 0.4) is 0 Å². The minimum Gasteiger partial charge on any atom is -0.507 e. The van der Waals surface area contributed by atoms with E-state index in [4.69, 9.17) is 4.74 Å². The predicted molar refractivity (Wildman–Crippen MR) is 131 cm³/mol. The molecule has 174 valence electrons. The summed E-state index contributed by atoms with van der Waals surface area (Å²) in [5.41, 5.74) is 3.37. The highest BCUT2D eigenvalue weighted by Crippen LogP contribution is 2.40. The van der Waals surface area contributed by atoms with Crippen LogP contribution in [-0.4, -0.2) is 66.0 Å². The third-order valence-corrected chi connectivity index (χ3v) is 6.88. The number of ketones is 1. The molecule has 1 N–H and O–H groups in total. The van der Waals surface area contributed by atoms with Crippen molar-refractivity contribution in [1.29, 1.82) is 0 Å². The Bertz CT molecular complexity index is 1070. The molecule has 2 aliphatic heterocycles. The summed E-state index contributed by atoms with van der Waals surface area (Å²) in [6.45, 7) is 8.29. The third kappa shape index (κ3) is 5.05. The van der Waals surface area contributed by atoms with Crippen LogP contribution in [0.25, 0.3) is 5.76 Å². The molecule has 0 aliphatic carbocycles. The van der Waals surface area contributed by atoms with Crippen molar-refractivity contribution in [1.82, 2.24) is 9.80 Å². The summed E-state index contributed by atoms with van der Waals surface area (Å²) in [7, 11) is 0. The number of Topliss-reactive ketones (excluding diaryl/α,β-unsaturated/α-hetero) is 1. The van der Waals surface area contributed by atoms with Gasteiger partial charge in [-0.15, -0.1) is 0 Å². The van der Waals surface area contributed by atoms with Crippen molar-refractivity contribution in [3.63, 3.8) is 0 Å². The fourth-order valence-corrected chi connectivity index (χ4v) is 4.79. The van der Waals surface area contributed by atoms with Gasteiger partial charge in [0.05, 0.1) is 24.8 Å². The Kier molecular flexibility index (Phi) is 7.32. The van der Waals surface area contributed by atoms with Gasteiger partial charge in [0, 0.05) is 36.2 Å². The van der Waals surface area contributed by atoms with Crippen LogP contribution in [0.2, 0.25) is 0 Å². The van der Waals surface area contributed by atoms with Crippen LogP contribution < -0.4 is 0 Å². The summed E-state index contributed by atoms with van der Waals surface area (Å²) in [4.78, 5) is 30.2. The number of hydrogen-bond donors (Lipinski definition) is 1. The molecular weight excluding hydrogens is 484 g/mol. The maximum Gasteiger partial charge on any atom is 0.295 e. The minimum atomic E-state index is -0.632. The molecule has 2 aliphatic rings. The van der Waals surface area contributed by atoms with Gasteiger partial charge in [0.2, 0.25) is 0 Å². The highest BCUT2D eigenvalue weighted by Gasteiger charge is 2.45. The number of carbonyl (C=O) groups excluding carboxylic acids is 2. The number of ether oxygens (including phenoxy) is 1. The first-order chi connectivity index (χ1) is 15.9. The number of nitrogens with zero attached hydrogens (tertiary/aromatic N) is 2. The number of amides is 1. The predicted octanol–water partition coefficient (Wildman–Crippen LogP) is 4.21. The first-order valence-electron chi connectivity index (χ1n) is 11.3. The van der Waals surface area contributed by atoms with Gasteiger partial charge in [-0.3, -0.25) is 14.5 Å². The maximum absolute atomic E-state index is 13.2. The molecule has 2 aromatic carbocycles.